The van der Waals surface area contributed by atoms with E-state index in [1.165, 1.54) is 10.4 Å². The first-order chi connectivity index (χ1) is 11.7. The Morgan fingerprint density at radius 3 is 2.80 bits per heavy atom. The Bertz CT molecular complexity index is 835. The van der Waals surface area contributed by atoms with Gasteiger partial charge < -0.3 is 15.2 Å². The fourth-order valence-electron chi connectivity index (χ4n) is 3.12. The van der Waals surface area contributed by atoms with Crippen LogP contribution in [0.4, 0.5) is 5.69 Å². The predicted octanol–water partition coefficient (Wildman–Crippen LogP) is 1.20. The molecule has 9 heteroatoms. The molecule has 1 amide bonds. The van der Waals surface area contributed by atoms with Gasteiger partial charge in [-0.15, -0.1) is 0 Å². The van der Waals surface area contributed by atoms with Gasteiger partial charge in [0.15, 0.2) is 6.10 Å². The molecule has 0 aromatic heterocycles. The van der Waals surface area contributed by atoms with Gasteiger partial charge in [-0.2, -0.15) is 4.31 Å². The highest BCUT2D eigenvalue weighted by atomic mass is 32.2. The molecule has 2 heterocycles. The highest BCUT2D eigenvalue weighted by molar-refractivity contribution is 7.89. The lowest BCUT2D eigenvalue weighted by molar-refractivity contribution is -0.142. The number of carboxylic acid groups (broad SMARTS) is 1. The van der Waals surface area contributed by atoms with Crippen LogP contribution in [0, 0.1) is 12.8 Å². The van der Waals surface area contributed by atoms with E-state index in [1.54, 1.807) is 19.9 Å². The molecule has 2 atom stereocenters. The smallest absolute Gasteiger partial charge is 0.307 e. The third kappa shape index (κ3) is 3.21. The average Bonchev–Trinajstić information content (AvgIpc) is 2.56. The molecule has 2 N–H and O–H groups in total. The molecule has 2 aliphatic rings. The van der Waals surface area contributed by atoms with Crippen molar-refractivity contribution in [3.63, 3.8) is 0 Å². The minimum Gasteiger partial charge on any atom is -0.481 e. The van der Waals surface area contributed by atoms with E-state index in [4.69, 9.17) is 4.74 Å². The van der Waals surface area contributed by atoms with Crippen molar-refractivity contribution in [2.24, 2.45) is 5.92 Å². The Labute approximate surface area is 145 Å². The molecular formula is C16H20N2O6S. The van der Waals surface area contributed by atoms with Crippen molar-refractivity contribution in [3.8, 4) is 5.75 Å². The second kappa shape index (κ2) is 6.30. The Balaban J connectivity index is 1.96. The van der Waals surface area contributed by atoms with Gasteiger partial charge in [-0.3, -0.25) is 9.59 Å². The van der Waals surface area contributed by atoms with Crippen molar-refractivity contribution in [2.75, 3.05) is 18.4 Å². The van der Waals surface area contributed by atoms with Gasteiger partial charge in [0.05, 0.1) is 16.5 Å². The predicted molar refractivity (Wildman–Crippen MR) is 89.0 cm³/mol. The van der Waals surface area contributed by atoms with Crippen molar-refractivity contribution >= 4 is 27.6 Å². The second-order valence-electron chi connectivity index (χ2n) is 6.40. The number of aliphatic carboxylic acids is 1. The Kier molecular flexibility index (Phi) is 4.46. The zero-order valence-corrected chi connectivity index (χ0v) is 14.8. The van der Waals surface area contributed by atoms with Gasteiger partial charge in [0, 0.05) is 19.2 Å². The van der Waals surface area contributed by atoms with Crippen LogP contribution in [0.2, 0.25) is 0 Å². The fourth-order valence-corrected chi connectivity index (χ4v) is 4.87. The monoisotopic (exact) mass is 368 g/mol. The summed E-state index contributed by atoms with van der Waals surface area (Å²) < 4.78 is 32.7. The van der Waals surface area contributed by atoms with Crippen molar-refractivity contribution in [1.82, 2.24) is 4.31 Å². The van der Waals surface area contributed by atoms with Crippen LogP contribution in [0.1, 0.15) is 25.3 Å². The van der Waals surface area contributed by atoms with Crippen molar-refractivity contribution in [1.29, 1.82) is 0 Å². The van der Waals surface area contributed by atoms with Crippen molar-refractivity contribution in [3.05, 3.63) is 17.7 Å². The van der Waals surface area contributed by atoms with Crippen LogP contribution < -0.4 is 10.1 Å². The number of carboxylic acids is 1. The number of benzene rings is 1. The molecule has 8 nitrogen and oxygen atoms in total. The molecule has 0 radical (unpaired) electrons. The van der Waals surface area contributed by atoms with Crippen LogP contribution in [0.5, 0.6) is 5.75 Å². The highest BCUT2D eigenvalue weighted by Crippen LogP contribution is 2.36. The van der Waals surface area contributed by atoms with Crippen LogP contribution >= 0.6 is 0 Å². The summed E-state index contributed by atoms with van der Waals surface area (Å²) in [6.07, 6.45) is 0.262. The summed E-state index contributed by atoms with van der Waals surface area (Å²) in [4.78, 5) is 23.0. The van der Waals surface area contributed by atoms with Crippen LogP contribution in [-0.2, 0) is 19.6 Å². The third-order valence-corrected chi connectivity index (χ3v) is 6.57. The zero-order valence-electron chi connectivity index (χ0n) is 14.0. The summed E-state index contributed by atoms with van der Waals surface area (Å²) in [6, 6.07) is 2.96. The van der Waals surface area contributed by atoms with E-state index < -0.39 is 28.0 Å². The summed E-state index contributed by atoms with van der Waals surface area (Å²) in [5.74, 6) is -1.68. The van der Waals surface area contributed by atoms with E-state index in [0.717, 1.165) is 0 Å². The molecule has 1 fully saturated rings. The topological polar surface area (TPSA) is 113 Å². The molecule has 1 aromatic carbocycles. The van der Waals surface area contributed by atoms with E-state index >= 15 is 0 Å². The number of amides is 1. The summed E-state index contributed by atoms with van der Waals surface area (Å²) in [6.45, 7) is 3.46. The molecule has 3 rings (SSSR count). The maximum atomic E-state index is 13.0. The van der Waals surface area contributed by atoms with Crippen molar-refractivity contribution < 1.29 is 27.9 Å². The third-order valence-electron chi connectivity index (χ3n) is 4.56. The molecule has 0 unspecified atom stereocenters. The minimum atomic E-state index is -3.85. The number of hydrogen-bond donors (Lipinski definition) is 2. The molecule has 0 saturated carbocycles. The summed E-state index contributed by atoms with van der Waals surface area (Å²) in [5.41, 5.74) is 0.899. The molecule has 1 aromatic rings. The highest BCUT2D eigenvalue weighted by Gasteiger charge is 2.35. The SMILES string of the molecule is Cc1cc2c(cc1S(=O)(=O)N1CCC[C@@H](C(=O)O)C1)O[C@@H](C)C(=O)N2. The Morgan fingerprint density at radius 2 is 2.12 bits per heavy atom. The number of nitrogens with one attached hydrogen (secondary N) is 1. The number of hydrogen-bond acceptors (Lipinski definition) is 5. The number of fused-ring (bicyclic) bond motifs is 1. The maximum Gasteiger partial charge on any atom is 0.307 e. The lowest BCUT2D eigenvalue weighted by Crippen LogP contribution is -2.42. The van der Waals surface area contributed by atoms with Crippen LogP contribution in [0.25, 0.3) is 0 Å². The molecule has 25 heavy (non-hydrogen) atoms. The number of nitrogens with zero attached hydrogens (tertiary/aromatic N) is 1. The summed E-state index contributed by atoms with van der Waals surface area (Å²) in [7, 11) is -3.85. The molecule has 2 aliphatic heterocycles. The number of sulfonamides is 1. The number of carbonyl (C=O) groups is 2. The number of rotatable bonds is 3. The van der Waals surface area contributed by atoms with Gasteiger partial charge in [0.2, 0.25) is 10.0 Å². The second-order valence-corrected chi connectivity index (χ2v) is 8.31. The molecule has 0 bridgehead atoms. The van der Waals surface area contributed by atoms with Gasteiger partial charge in [0.1, 0.15) is 5.75 Å². The molecular weight excluding hydrogens is 348 g/mol. The lowest BCUT2D eigenvalue weighted by Gasteiger charge is -2.31. The van der Waals surface area contributed by atoms with E-state index in [0.29, 0.717) is 29.8 Å². The van der Waals surface area contributed by atoms with Crippen LogP contribution in [-0.4, -0.2) is 48.9 Å². The van der Waals surface area contributed by atoms with E-state index in [1.807, 2.05) is 0 Å². The molecule has 136 valence electrons. The van der Waals surface area contributed by atoms with E-state index in [-0.39, 0.29) is 23.9 Å². The van der Waals surface area contributed by atoms with Crippen LogP contribution in [0.15, 0.2) is 17.0 Å². The molecule has 1 saturated heterocycles. The lowest BCUT2D eigenvalue weighted by atomic mass is 10.0. The van der Waals surface area contributed by atoms with Gasteiger partial charge in [-0.25, -0.2) is 8.42 Å². The molecule has 0 aliphatic carbocycles. The average molecular weight is 368 g/mol. The van der Waals surface area contributed by atoms with Gasteiger partial charge in [0.25, 0.3) is 5.91 Å². The molecule has 0 spiro atoms. The van der Waals surface area contributed by atoms with Gasteiger partial charge >= 0.3 is 5.97 Å². The number of anilines is 1. The summed E-state index contributed by atoms with van der Waals surface area (Å²) in [5, 5.41) is 11.9. The number of piperidine rings is 1. The maximum absolute atomic E-state index is 13.0. The quantitative estimate of drug-likeness (QED) is 0.829. The van der Waals surface area contributed by atoms with E-state index in [9.17, 15) is 23.1 Å². The number of aryl methyl sites for hydroxylation is 1. The Morgan fingerprint density at radius 1 is 1.40 bits per heavy atom. The normalized spacial score (nSPS) is 24.2. The van der Waals surface area contributed by atoms with Gasteiger partial charge in [-0.1, -0.05) is 0 Å². The first-order valence-electron chi connectivity index (χ1n) is 8.05. The number of carbonyl (C=O) groups excluding carboxylic acids is 1. The first-order valence-corrected chi connectivity index (χ1v) is 9.49. The summed E-state index contributed by atoms with van der Waals surface area (Å²) >= 11 is 0. The standard InChI is InChI=1S/C16H20N2O6S/c1-9-6-12-13(24-10(2)15(19)17-12)7-14(9)25(22,23)18-5-3-4-11(8-18)16(20)21/h6-7,10-11H,3-5,8H2,1-2H3,(H,17,19)(H,20,21)/t10-,11+/m0/s1. The fraction of sp³-hybridized carbons (Fsp3) is 0.500. The van der Waals surface area contributed by atoms with Gasteiger partial charge in [-0.05, 0) is 38.3 Å². The van der Waals surface area contributed by atoms with E-state index in [2.05, 4.69) is 5.32 Å². The van der Waals surface area contributed by atoms with Crippen LogP contribution in [0.3, 0.4) is 0 Å². The first kappa shape index (κ1) is 17.7. The number of ether oxygens (including phenoxy) is 1. The van der Waals surface area contributed by atoms with Crippen molar-refractivity contribution in [2.45, 2.75) is 37.7 Å². The Hall–Kier alpha value is -2.13. The largest absolute Gasteiger partial charge is 0.481 e. The zero-order chi connectivity index (χ0) is 18.4. The minimum absolute atomic E-state index is 0.0395.